The van der Waals surface area contributed by atoms with Crippen LogP contribution in [-0.2, 0) is 22.7 Å². The van der Waals surface area contributed by atoms with E-state index < -0.39 is 9.84 Å². The minimum Gasteiger partial charge on any atom is -0.396 e. The monoisotopic (exact) mass is 354 g/mol. The molecule has 3 aromatic rings. The molecule has 0 heterocycles. The van der Waals surface area contributed by atoms with Gasteiger partial charge in [0.2, 0.25) is 0 Å². The molecule has 3 aromatic carbocycles. The van der Waals surface area contributed by atoms with Gasteiger partial charge in [0.05, 0.1) is 10.6 Å². The fraction of sp³-hybridized carbons (Fsp3) is 0.238. The largest absolute Gasteiger partial charge is 0.396 e. The van der Waals surface area contributed by atoms with E-state index in [-0.39, 0.29) is 12.4 Å². The Hall–Kier alpha value is -2.17. The Morgan fingerprint density at radius 2 is 1.40 bits per heavy atom. The molecule has 1 N–H and O–H groups in total. The molecule has 0 aliphatic carbocycles. The lowest BCUT2D eigenvalue weighted by Gasteiger charge is -2.07. The van der Waals surface area contributed by atoms with E-state index in [2.05, 4.69) is 0 Å². The van der Waals surface area contributed by atoms with Gasteiger partial charge in [0.1, 0.15) is 0 Å². The molecule has 0 aromatic heterocycles. The summed E-state index contributed by atoms with van der Waals surface area (Å²) in [6, 6.07) is 21.1. The van der Waals surface area contributed by atoms with Gasteiger partial charge in [-0.05, 0) is 53.3 Å². The van der Waals surface area contributed by atoms with Gasteiger partial charge in [0.15, 0.2) is 9.84 Å². The van der Waals surface area contributed by atoms with Gasteiger partial charge in [0.25, 0.3) is 0 Å². The molecule has 0 saturated heterocycles. The van der Waals surface area contributed by atoms with Gasteiger partial charge >= 0.3 is 0 Å². The Balaban J connectivity index is 1.64. The number of aliphatic hydroxyl groups excluding tert-OH is 1. The molecule has 4 heteroatoms. The fourth-order valence-electron chi connectivity index (χ4n) is 2.95. The van der Waals surface area contributed by atoms with E-state index in [1.165, 1.54) is 0 Å². The Morgan fingerprint density at radius 3 is 2.08 bits per heavy atom. The quantitative estimate of drug-likeness (QED) is 0.702. The molecular formula is C21H22O3S. The molecule has 0 saturated carbocycles. The zero-order valence-corrected chi connectivity index (χ0v) is 14.9. The fourth-order valence-corrected chi connectivity index (χ4v) is 4.29. The highest BCUT2D eigenvalue weighted by molar-refractivity contribution is 7.91. The van der Waals surface area contributed by atoms with Crippen LogP contribution in [0.4, 0.5) is 0 Å². The van der Waals surface area contributed by atoms with E-state index in [1.807, 2.05) is 54.6 Å². The molecule has 0 bridgehead atoms. The molecule has 3 rings (SSSR count). The molecule has 0 aliphatic heterocycles. The average Bonchev–Trinajstić information content (AvgIpc) is 2.63. The summed E-state index contributed by atoms with van der Waals surface area (Å²) in [5.41, 5.74) is 2.21. The smallest absolute Gasteiger partial charge is 0.178 e. The minimum atomic E-state index is -3.27. The summed E-state index contributed by atoms with van der Waals surface area (Å²) in [7, 11) is -3.27. The molecule has 0 amide bonds. The topological polar surface area (TPSA) is 54.4 Å². The van der Waals surface area contributed by atoms with Gasteiger partial charge in [-0.25, -0.2) is 8.42 Å². The number of benzene rings is 3. The predicted molar refractivity (Wildman–Crippen MR) is 102 cm³/mol. The summed E-state index contributed by atoms with van der Waals surface area (Å²) in [5.74, 6) is 0.143. The molecule has 0 unspecified atom stereocenters. The van der Waals surface area contributed by atoms with E-state index in [4.69, 9.17) is 5.11 Å². The zero-order chi connectivity index (χ0) is 17.7. The summed E-state index contributed by atoms with van der Waals surface area (Å²) in [5, 5.41) is 10.9. The van der Waals surface area contributed by atoms with E-state index in [1.54, 1.807) is 12.1 Å². The third-order valence-corrected chi connectivity index (χ3v) is 6.18. The molecule has 0 radical (unpaired) electrons. The lowest BCUT2D eigenvalue weighted by molar-refractivity contribution is 0.299. The van der Waals surface area contributed by atoms with Gasteiger partial charge in [-0.1, -0.05) is 54.6 Å². The number of aryl methyl sites for hydroxylation is 1. The van der Waals surface area contributed by atoms with E-state index >= 15 is 0 Å². The Morgan fingerprint density at radius 1 is 0.760 bits per heavy atom. The zero-order valence-electron chi connectivity index (χ0n) is 14.1. The molecular weight excluding hydrogens is 332 g/mol. The first-order valence-electron chi connectivity index (χ1n) is 8.49. The van der Waals surface area contributed by atoms with Gasteiger partial charge in [-0.2, -0.15) is 0 Å². The number of hydrogen-bond acceptors (Lipinski definition) is 3. The van der Waals surface area contributed by atoms with Crippen LogP contribution in [-0.4, -0.2) is 25.9 Å². The van der Waals surface area contributed by atoms with Gasteiger partial charge in [-0.15, -0.1) is 0 Å². The van der Waals surface area contributed by atoms with Crippen molar-refractivity contribution >= 4 is 20.6 Å². The van der Waals surface area contributed by atoms with Crippen molar-refractivity contribution in [3.63, 3.8) is 0 Å². The third-order valence-electron chi connectivity index (χ3n) is 4.38. The first kappa shape index (κ1) is 17.6. The average molecular weight is 354 g/mol. The van der Waals surface area contributed by atoms with E-state index in [0.29, 0.717) is 17.7 Å². The van der Waals surface area contributed by atoms with Crippen LogP contribution in [0.5, 0.6) is 0 Å². The van der Waals surface area contributed by atoms with Crippen LogP contribution in [0.1, 0.15) is 17.5 Å². The number of rotatable bonds is 7. The molecule has 3 nitrogen and oxygen atoms in total. The van der Waals surface area contributed by atoms with Crippen molar-refractivity contribution in [1.82, 2.24) is 0 Å². The van der Waals surface area contributed by atoms with Crippen LogP contribution in [0.2, 0.25) is 0 Å². The molecule has 0 spiro atoms. The van der Waals surface area contributed by atoms with Crippen LogP contribution in [0.15, 0.2) is 71.6 Å². The lowest BCUT2D eigenvalue weighted by atomic mass is 10.1. The molecule has 0 atom stereocenters. The summed E-state index contributed by atoms with van der Waals surface area (Å²) < 4.78 is 25.2. The van der Waals surface area contributed by atoms with Crippen LogP contribution in [0, 0.1) is 0 Å². The van der Waals surface area contributed by atoms with Crippen molar-refractivity contribution in [1.29, 1.82) is 0 Å². The van der Waals surface area contributed by atoms with E-state index in [9.17, 15) is 8.42 Å². The summed E-state index contributed by atoms with van der Waals surface area (Å²) in [4.78, 5) is 0.393. The van der Waals surface area contributed by atoms with Gasteiger partial charge < -0.3 is 5.11 Å². The number of fused-ring (bicyclic) bond motifs is 1. The minimum absolute atomic E-state index is 0.142. The van der Waals surface area contributed by atoms with Crippen LogP contribution >= 0.6 is 0 Å². The second-order valence-electron chi connectivity index (χ2n) is 6.22. The Kier molecular flexibility index (Phi) is 5.51. The standard InChI is InChI=1S/C21H22O3S/c22-14-13-18-9-7-17(8-10-18)4-3-15-25(23,24)21-12-11-19-5-1-2-6-20(19)16-21/h1-2,5-12,16,22H,3-4,13-15H2. The molecule has 0 aliphatic rings. The summed E-state index contributed by atoms with van der Waals surface area (Å²) in [6.45, 7) is 0.142. The summed E-state index contributed by atoms with van der Waals surface area (Å²) >= 11 is 0. The second-order valence-corrected chi connectivity index (χ2v) is 8.33. The van der Waals surface area contributed by atoms with Crippen LogP contribution < -0.4 is 0 Å². The maximum absolute atomic E-state index is 12.6. The molecule has 130 valence electrons. The normalized spacial score (nSPS) is 11.7. The van der Waals surface area contributed by atoms with Crippen molar-refractivity contribution in [2.75, 3.05) is 12.4 Å². The molecule has 25 heavy (non-hydrogen) atoms. The van der Waals surface area contributed by atoms with Crippen molar-refractivity contribution in [2.45, 2.75) is 24.2 Å². The second kappa shape index (κ2) is 7.81. The molecule has 0 fully saturated rings. The first-order chi connectivity index (χ1) is 12.1. The highest BCUT2D eigenvalue weighted by atomic mass is 32.2. The maximum atomic E-state index is 12.6. The highest BCUT2D eigenvalue weighted by Crippen LogP contribution is 2.20. The van der Waals surface area contributed by atoms with Crippen molar-refractivity contribution < 1.29 is 13.5 Å². The van der Waals surface area contributed by atoms with Gasteiger partial charge in [0, 0.05) is 6.61 Å². The first-order valence-corrected chi connectivity index (χ1v) is 10.1. The Bertz CT molecular complexity index is 944. The predicted octanol–water partition coefficient (Wildman–Crippen LogP) is 3.78. The Labute approximate surface area is 148 Å². The number of sulfone groups is 1. The summed E-state index contributed by atoms with van der Waals surface area (Å²) in [6.07, 6.45) is 1.97. The van der Waals surface area contributed by atoms with Gasteiger partial charge in [-0.3, -0.25) is 0 Å². The maximum Gasteiger partial charge on any atom is 0.178 e. The van der Waals surface area contributed by atoms with Crippen LogP contribution in [0.25, 0.3) is 10.8 Å². The number of hydrogen-bond donors (Lipinski definition) is 1. The SMILES string of the molecule is O=S(=O)(CCCc1ccc(CCO)cc1)c1ccc2ccccc2c1. The third kappa shape index (κ3) is 4.47. The van der Waals surface area contributed by atoms with Crippen molar-refractivity contribution in [3.8, 4) is 0 Å². The van der Waals surface area contributed by atoms with Crippen LogP contribution in [0.3, 0.4) is 0 Å². The van der Waals surface area contributed by atoms with Crippen molar-refractivity contribution in [2.24, 2.45) is 0 Å². The van der Waals surface area contributed by atoms with E-state index in [0.717, 1.165) is 28.3 Å². The van der Waals surface area contributed by atoms with Crippen molar-refractivity contribution in [3.05, 3.63) is 77.9 Å². The highest BCUT2D eigenvalue weighted by Gasteiger charge is 2.14. The lowest BCUT2D eigenvalue weighted by Crippen LogP contribution is -2.08. The number of aliphatic hydroxyl groups is 1.